The van der Waals surface area contributed by atoms with Gasteiger partial charge in [-0.3, -0.25) is 0 Å². The van der Waals surface area contributed by atoms with E-state index < -0.39 is 0 Å². The van der Waals surface area contributed by atoms with Crippen molar-refractivity contribution >= 4 is 28.5 Å². The van der Waals surface area contributed by atoms with Crippen molar-refractivity contribution < 1.29 is 0 Å². The zero-order chi connectivity index (χ0) is 12.4. The Kier molecular flexibility index (Phi) is 3.41. The standard InChI is InChI=1S/C15H18N2S/c1-11-9-12-5-2-3-7-14(12)17-15(11)16-13-6-4-8-18-10-13/h2-3,5,7,9,13H,4,6,8,10H2,1H3,(H,16,17). The fourth-order valence-corrected chi connectivity index (χ4v) is 3.49. The summed E-state index contributed by atoms with van der Waals surface area (Å²) in [4.78, 5) is 4.75. The molecule has 0 radical (unpaired) electrons. The predicted molar refractivity (Wildman–Crippen MR) is 80.4 cm³/mol. The zero-order valence-corrected chi connectivity index (χ0v) is 11.5. The summed E-state index contributed by atoms with van der Waals surface area (Å²) >= 11 is 2.04. The van der Waals surface area contributed by atoms with Crippen molar-refractivity contribution in [3.8, 4) is 0 Å². The number of anilines is 1. The first-order valence-corrected chi connectivity index (χ1v) is 7.69. The van der Waals surface area contributed by atoms with Crippen LogP contribution in [-0.2, 0) is 0 Å². The van der Waals surface area contributed by atoms with Crippen LogP contribution in [0.5, 0.6) is 0 Å². The minimum atomic E-state index is 0.580. The Morgan fingerprint density at radius 2 is 2.22 bits per heavy atom. The Hall–Kier alpha value is -1.22. The fraction of sp³-hybridized carbons (Fsp3) is 0.400. The highest BCUT2D eigenvalue weighted by molar-refractivity contribution is 7.99. The third kappa shape index (κ3) is 2.46. The summed E-state index contributed by atoms with van der Waals surface area (Å²) in [7, 11) is 0. The Bertz CT molecular complexity index is 547. The summed E-state index contributed by atoms with van der Waals surface area (Å²) in [6.07, 6.45) is 2.58. The summed E-state index contributed by atoms with van der Waals surface area (Å²) in [6.45, 7) is 2.14. The van der Waals surface area contributed by atoms with Gasteiger partial charge in [0.1, 0.15) is 5.82 Å². The van der Waals surface area contributed by atoms with E-state index in [0.29, 0.717) is 6.04 Å². The number of pyridine rings is 1. The van der Waals surface area contributed by atoms with Gasteiger partial charge in [0.25, 0.3) is 0 Å². The molecule has 94 valence electrons. The van der Waals surface area contributed by atoms with Crippen LogP contribution in [0.2, 0.25) is 0 Å². The molecule has 0 spiro atoms. The van der Waals surface area contributed by atoms with Crippen LogP contribution in [0.3, 0.4) is 0 Å². The molecule has 1 atom stereocenters. The molecule has 1 aromatic heterocycles. The topological polar surface area (TPSA) is 24.9 Å². The first-order chi connectivity index (χ1) is 8.83. The van der Waals surface area contributed by atoms with Gasteiger partial charge in [0.2, 0.25) is 0 Å². The second-order valence-electron chi connectivity index (χ2n) is 4.90. The maximum Gasteiger partial charge on any atom is 0.129 e. The van der Waals surface area contributed by atoms with E-state index in [0.717, 1.165) is 11.3 Å². The average Bonchev–Trinajstić information content (AvgIpc) is 2.41. The Balaban J connectivity index is 1.88. The first kappa shape index (κ1) is 11.8. The molecule has 0 saturated carbocycles. The van der Waals surface area contributed by atoms with Crippen LogP contribution in [-0.4, -0.2) is 22.5 Å². The SMILES string of the molecule is Cc1cc2ccccc2nc1NC1CCCSC1. The lowest BCUT2D eigenvalue weighted by atomic mass is 10.1. The molecule has 1 saturated heterocycles. The molecule has 1 aliphatic heterocycles. The van der Waals surface area contributed by atoms with Crippen LogP contribution in [0.1, 0.15) is 18.4 Å². The van der Waals surface area contributed by atoms with Crippen molar-refractivity contribution in [2.45, 2.75) is 25.8 Å². The lowest BCUT2D eigenvalue weighted by Gasteiger charge is -2.24. The molecule has 1 N–H and O–H groups in total. The van der Waals surface area contributed by atoms with Gasteiger partial charge in [-0.1, -0.05) is 18.2 Å². The number of aromatic nitrogens is 1. The Morgan fingerprint density at radius 1 is 1.33 bits per heavy atom. The average molecular weight is 258 g/mol. The van der Waals surface area contributed by atoms with Crippen molar-refractivity contribution in [2.24, 2.45) is 0 Å². The van der Waals surface area contributed by atoms with Gasteiger partial charge in [-0.25, -0.2) is 4.98 Å². The molecule has 1 aliphatic rings. The van der Waals surface area contributed by atoms with Gasteiger partial charge in [-0.15, -0.1) is 0 Å². The number of hydrogen-bond acceptors (Lipinski definition) is 3. The van der Waals surface area contributed by atoms with E-state index in [2.05, 4.69) is 36.5 Å². The monoisotopic (exact) mass is 258 g/mol. The van der Waals surface area contributed by atoms with Crippen molar-refractivity contribution in [1.82, 2.24) is 4.98 Å². The van der Waals surface area contributed by atoms with E-state index in [-0.39, 0.29) is 0 Å². The van der Waals surface area contributed by atoms with Crippen LogP contribution >= 0.6 is 11.8 Å². The number of nitrogens with one attached hydrogen (secondary N) is 1. The lowest BCUT2D eigenvalue weighted by Crippen LogP contribution is -2.26. The molecular formula is C15H18N2S. The van der Waals surface area contributed by atoms with E-state index >= 15 is 0 Å². The van der Waals surface area contributed by atoms with Gasteiger partial charge in [0, 0.05) is 17.2 Å². The second kappa shape index (κ2) is 5.19. The number of benzene rings is 1. The number of thioether (sulfide) groups is 1. The van der Waals surface area contributed by atoms with E-state index in [1.165, 1.54) is 35.3 Å². The minimum absolute atomic E-state index is 0.580. The normalized spacial score (nSPS) is 19.9. The van der Waals surface area contributed by atoms with Gasteiger partial charge in [-0.05, 0) is 43.2 Å². The molecule has 1 aromatic carbocycles. The predicted octanol–water partition coefficient (Wildman–Crippen LogP) is 3.85. The Morgan fingerprint density at radius 3 is 3.06 bits per heavy atom. The van der Waals surface area contributed by atoms with Crippen molar-refractivity contribution in [2.75, 3.05) is 16.8 Å². The molecule has 1 fully saturated rings. The molecule has 2 heterocycles. The maximum absolute atomic E-state index is 4.75. The summed E-state index contributed by atoms with van der Waals surface area (Å²) in [6, 6.07) is 11.1. The van der Waals surface area contributed by atoms with E-state index in [1.807, 2.05) is 17.8 Å². The number of fused-ring (bicyclic) bond motifs is 1. The zero-order valence-electron chi connectivity index (χ0n) is 10.6. The molecule has 0 aliphatic carbocycles. The van der Waals surface area contributed by atoms with Crippen LogP contribution in [0.15, 0.2) is 30.3 Å². The van der Waals surface area contributed by atoms with Crippen molar-refractivity contribution in [3.63, 3.8) is 0 Å². The largest absolute Gasteiger partial charge is 0.366 e. The molecule has 0 amide bonds. The van der Waals surface area contributed by atoms with Crippen LogP contribution in [0, 0.1) is 6.92 Å². The fourth-order valence-electron chi connectivity index (χ4n) is 2.42. The van der Waals surface area contributed by atoms with Gasteiger partial charge in [0.05, 0.1) is 5.52 Å². The molecule has 3 heteroatoms. The van der Waals surface area contributed by atoms with Gasteiger partial charge >= 0.3 is 0 Å². The quantitative estimate of drug-likeness (QED) is 0.885. The summed E-state index contributed by atoms with van der Waals surface area (Å²) < 4.78 is 0. The number of rotatable bonds is 2. The van der Waals surface area contributed by atoms with Crippen molar-refractivity contribution in [1.29, 1.82) is 0 Å². The molecule has 18 heavy (non-hydrogen) atoms. The van der Waals surface area contributed by atoms with Gasteiger partial charge < -0.3 is 5.32 Å². The van der Waals surface area contributed by atoms with Crippen LogP contribution < -0.4 is 5.32 Å². The second-order valence-corrected chi connectivity index (χ2v) is 6.05. The first-order valence-electron chi connectivity index (χ1n) is 6.53. The van der Waals surface area contributed by atoms with Gasteiger partial charge in [0.15, 0.2) is 0 Å². The number of para-hydroxylation sites is 1. The van der Waals surface area contributed by atoms with E-state index in [4.69, 9.17) is 4.98 Å². The van der Waals surface area contributed by atoms with E-state index in [1.54, 1.807) is 0 Å². The minimum Gasteiger partial charge on any atom is -0.366 e. The summed E-state index contributed by atoms with van der Waals surface area (Å²) in [5.74, 6) is 3.57. The van der Waals surface area contributed by atoms with Gasteiger partial charge in [-0.2, -0.15) is 11.8 Å². The summed E-state index contributed by atoms with van der Waals surface area (Å²) in [5.41, 5.74) is 2.32. The third-order valence-electron chi connectivity index (χ3n) is 3.42. The van der Waals surface area contributed by atoms with Crippen LogP contribution in [0.25, 0.3) is 10.9 Å². The highest BCUT2D eigenvalue weighted by Gasteiger charge is 2.15. The third-order valence-corrected chi connectivity index (χ3v) is 4.63. The van der Waals surface area contributed by atoms with Crippen LogP contribution in [0.4, 0.5) is 5.82 Å². The highest BCUT2D eigenvalue weighted by Crippen LogP contribution is 2.24. The smallest absolute Gasteiger partial charge is 0.129 e. The molecule has 0 bridgehead atoms. The van der Waals surface area contributed by atoms with Crippen molar-refractivity contribution in [3.05, 3.63) is 35.9 Å². The summed E-state index contributed by atoms with van der Waals surface area (Å²) in [5, 5.41) is 4.83. The maximum atomic E-state index is 4.75. The molecule has 2 nitrogen and oxygen atoms in total. The highest BCUT2D eigenvalue weighted by atomic mass is 32.2. The number of nitrogens with zero attached hydrogens (tertiary/aromatic N) is 1. The molecule has 3 rings (SSSR count). The number of hydrogen-bond donors (Lipinski definition) is 1. The van der Waals surface area contributed by atoms with E-state index in [9.17, 15) is 0 Å². The molecular weight excluding hydrogens is 240 g/mol. The Labute approximate surface area is 112 Å². The lowest BCUT2D eigenvalue weighted by molar-refractivity contribution is 0.682. The molecule has 1 unspecified atom stereocenters. The molecule has 2 aromatic rings. The number of aryl methyl sites for hydroxylation is 1.